The van der Waals surface area contributed by atoms with Crippen molar-refractivity contribution in [2.75, 3.05) is 0 Å². The monoisotopic (exact) mass is 226 g/mol. The Morgan fingerprint density at radius 2 is 2.14 bits per heavy atom. The average molecular weight is 227 g/mol. The fourth-order valence-electron chi connectivity index (χ4n) is 0.810. The van der Waals surface area contributed by atoms with Gasteiger partial charge in [0, 0.05) is 0 Å². The van der Waals surface area contributed by atoms with Crippen molar-refractivity contribution in [1.29, 1.82) is 0 Å². The quantitative estimate of drug-likeness (QED) is 0.575. The molecule has 0 spiro atoms. The smallest absolute Gasteiger partial charge is 0.358 e. The van der Waals surface area contributed by atoms with Crippen LogP contribution in [0.1, 0.15) is 12.0 Å². The van der Waals surface area contributed by atoms with E-state index in [-0.39, 0.29) is 0 Å². The number of hydrogen-bond donors (Lipinski definition) is 0. The van der Waals surface area contributed by atoms with Crippen molar-refractivity contribution in [3.63, 3.8) is 0 Å². The maximum absolute atomic E-state index is 12.6. The molecule has 0 unspecified atom stereocenters. The summed E-state index contributed by atoms with van der Waals surface area (Å²) in [6.45, 7) is 0. The summed E-state index contributed by atoms with van der Waals surface area (Å²) in [7, 11) is 0. The molecule has 0 fully saturated rings. The van der Waals surface area contributed by atoms with Crippen LogP contribution in [0.15, 0.2) is 6.20 Å². The number of rotatable bonds is 2. The van der Waals surface area contributed by atoms with E-state index in [2.05, 4.69) is 4.98 Å². The normalized spacial score (nSPS) is 10.6. The van der Waals surface area contributed by atoms with Gasteiger partial charge in [-0.25, -0.2) is 13.2 Å². The number of nitro groups is 1. The summed E-state index contributed by atoms with van der Waals surface area (Å²) in [5.41, 5.74) is -1.20. The molecule has 1 heterocycles. The van der Waals surface area contributed by atoms with Crippen LogP contribution < -0.4 is 0 Å². The van der Waals surface area contributed by atoms with E-state index >= 15 is 0 Å². The van der Waals surface area contributed by atoms with Gasteiger partial charge in [-0.2, -0.15) is 0 Å². The van der Waals surface area contributed by atoms with Crippen molar-refractivity contribution < 1.29 is 18.1 Å². The number of aromatic nitrogens is 1. The third kappa shape index (κ3) is 1.77. The van der Waals surface area contributed by atoms with E-state index in [4.69, 9.17) is 11.6 Å². The Morgan fingerprint density at radius 1 is 1.57 bits per heavy atom. The SMILES string of the molecule is O=[N+]([O-])c1ncc(F)c(Cl)c1C(F)F. The highest BCUT2D eigenvalue weighted by Gasteiger charge is 2.29. The van der Waals surface area contributed by atoms with Gasteiger partial charge in [-0.15, -0.1) is 0 Å². The zero-order valence-corrected chi connectivity index (χ0v) is 7.13. The topological polar surface area (TPSA) is 56.0 Å². The second-order valence-electron chi connectivity index (χ2n) is 2.22. The maximum Gasteiger partial charge on any atom is 0.374 e. The first-order valence-electron chi connectivity index (χ1n) is 3.21. The zero-order valence-electron chi connectivity index (χ0n) is 6.38. The lowest BCUT2D eigenvalue weighted by Crippen LogP contribution is -2.01. The maximum atomic E-state index is 12.6. The molecule has 0 aliphatic rings. The molecule has 0 saturated heterocycles. The summed E-state index contributed by atoms with van der Waals surface area (Å²) < 4.78 is 37.1. The zero-order chi connectivity index (χ0) is 10.9. The van der Waals surface area contributed by atoms with Crippen LogP contribution in [0.25, 0.3) is 0 Å². The lowest BCUT2D eigenvalue weighted by Gasteiger charge is -2.03. The Morgan fingerprint density at radius 3 is 2.57 bits per heavy atom. The van der Waals surface area contributed by atoms with Gasteiger partial charge in [0.1, 0.15) is 5.56 Å². The molecule has 0 aliphatic carbocycles. The first-order valence-corrected chi connectivity index (χ1v) is 3.59. The molecular formula is C6H2ClF3N2O2. The first kappa shape index (κ1) is 10.7. The first-order chi connectivity index (χ1) is 6.45. The third-order valence-corrected chi connectivity index (χ3v) is 1.76. The van der Waals surface area contributed by atoms with E-state index in [1.54, 1.807) is 0 Å². The molecule has 0 bridgehead atoms. The van der Waals surface area contributed by atoms with Gasteiger partial charge in [0.2, 0.25) is 0 Å². The number of hydrogen-bond acceptors (Lipinski definition) is 3. The lowest BCUT2D eigenvalue weighted by atomic mass is 10.2. The number of alkyl halides is 2. The molecule has 1 aromatic heterocycles. The molecule has 76 valence electrons. The fourth-order valence-corrected chi connectivity index (χ4v) is 1.03. The fraction of sp³-hybridized carbons (Fsp3) is 0.167. The summed E-state index contributed by atoms with van der Waals surface area (Å²) in [5.74, 6) is -2.35. The molecule has 0 aliphatic heterocycles. The van der Waals surface area contributed by atoms with E-state index in [0.29, 0.717) is 6.20 Å². The average Bonchev–Trinajstić information content (AvgIpc) is 2.08. The van der Waals surface area contributed by atoms with Gasteiger partial charge in [0.05, 0.1) is 5.02 Å². The van der Waals surface area contributed by atoms with Crippen LogP contribution in [0.4, 0.5) is 19.0 Å². The molecule has 14 heavy (non-hydrogen) atoms. The molecule has 4 nitrogen and oxygen atoms in total. The van der Waals surface area contributed by atoms with Crippen molar-refractivity contribution in [3.05, 3.63) is 32.7 Å². The van der Waals surface area contributed by atoms with Gasteiger partial charge >= 0.3 is 5.82 Å². The Kier molecular flexibility index (Phi) is 2.90. The molecule has 0 saturated carbocycles. The van der Waals surface area contributed by atoms with Crippen LogP contribution in [0.3, 0.4) is 0 Å². The van der Waals surface area contributed by atoms with Gasteiger partial charge in [0.15, 0.2) is 12.0 Å². The molecule has 1 rings (SSSR count). The summed E-state index contributed by atoms with van der Waals surface area (Å²) in [5, 5.41) is 9.25. The minimum Gasteiger partial charge on any atom is -0.358 e. The van der Waals surface area contributed by atoms with Gasteiger partial charge in [-0.05, 0) is 9.91 Å². The predicted molar refractivity (Wildman–Crippen MR) is 40.8 cm³/mol. The lowest BCUT2D eigenvalue weighted by molar-refractivity contribution is -0.391. The van der Waals surface area contributed by atoms with E-state index in [1.165, 1.54) is 0 Å². The third-order valence-electron chi connectivity index (χ3n) is 1.38. The van der Waals surface area contributed by atoms with Gasteiger partial charge in [0.25, 0.3) is 6.43 Å². The molecule has 0 N–H and O–H groups in total. The van der Waals surface area contributed by atoms with Crippen LogP contribution >= 0.6 is 11.6 Å². The van der Waals surface area contributed by atoms with Crippen LogP contribution in [-0.2, 0) is 0 Å². The Balaban J connectivity index is 3.45. The van der Waals surface area contributed by atoms with Crippen LogP contribution in [0, 0.1) is 15.9 Å². The molecular weight excluding hydrogens is 225 g/mol. The van der Waals surface area contributed by atoms with Crippen LogP contribution in [0.5, 0.6) is 0 Å². The summed E-state index contributed by atoms with van der Waals surface area (Å²) >= 11 is 5.14. The van der Waals surface area contributed by atoms with E-state index in [0.717, 1.165) is 0 Å². The number of halogens is 4. The number of pyridine rings is 1. The second kappa shape index (κ2) is 3.79. The minimum absolute atomic E-state index is 0.423. The highest BCUT2D eigenvalue weighted by atomic mass is 35.5. The minimum atomic E-state index is -3.24. The van der Waals surface area contributed by atoms with Crippen LogP contribution in [-0.4, -0.2) is 9.91 Å². The van der Waals surface area contributed by atoms with Crippen molar-refractivity contribution in [3.8, 4) is 0 Å². The van der Waals surface area contributed by atoms with Crippen molar-refractivity contribution in [2.24, 2.45) is 0 Å². The van der Waals surface area contributed by atoms with Gasteiger partial charge in [-0.3, -0.25) is 0 Å². The Labute approximate surface area is 80.5 Å². The Bertz CT molecular complexity index is 386. The molecule has 0 amide bonds. The van der Waals surface area contributed by atoms with Crippen molar-refractivity contribution in [2.45, 2.75) is 6.43 Å². The van der Waals surface area contributed by atoms with E-state index < -0.39 is 33.6 Å². The highest BCUT2D eigenvalue weighted by Crippen LogP contribution is 2.34. The standard InChI is InChI=1S/C6H2ClF3N2O2/c7-4-2(8)1-11-6(12(13)14)3(4)5(9)10/h1,5H. The van der Waals surface area contributed by atoms with E-state index in [9.17, 15) is 23.3 Å². The molecule has 8 heteroatoms. The van der Waals surface area contributed by atoms with Gasteiger partial charge in [-0.1, -0.05) is 11.6 Å². The second-order valence-corrected chi connectivity index (χ2v) is 2.59. The molecule has 0 aromatic carbocycles. The summed E-state index contributed by atoms with van der Waals surface area (Å²) in [6, 6.07) is 0. The largest absolute Gasteiger partial charge is 0.374 e. The molecule has 0 atom stereocenters. The van der Waals surface area contributed by atoms with Crippen molar-refractivity contribution in [1.82, 2.24) is 4.98 Å². The predicted octanol–water partition coefficient (Wildman–Crippen LogP) is 2.72. The van der Waals surface area contributed by atoms with Crippen molar-refractivity contribution >= 4 is 17.4 Å². The van der Waals surface area contributed by atoms with Gasteiger partial charge < -0.3 is 10.1 Å². The summed E-state index contributed by atoms with van der Waals surface area (Å²) in [4.78, 5) is 12.0. The Hall–Kier alpha value is -1.37. The highest BCUT2D eigenvalue weighted by molar-refractivity contribution is 6.31. The number of nitrogens with zero attached hydrogens (tertiary/aromatic N) is 2. The molecule has 1 aromatic rings. The van der Waals surface area contributed by atoms with E-state index in [1.807, 2.05) is 0 Å². The summed E-state index contributed by atoms with van der Waals surface area (Å²) in [6.07, 6.45) is -2.82. The van der Waals surface area contributed by atoms with Crippen LogP contribution in [0.2, 0.25) is 5.02 Å². The molecule has 0 radical (unpaired) electrons.